The van der Waals surface area contributed by atoms with E-state index in [1.165, 1.54) is 12.1 Å². The number of ether oxygens (including phenoxy) is 2. The smallest absolute Gasteiger partial charge is 0.340 e. The van der Waals surface area contributed by atoms with Crippen LogP contribution >= 0.6 is 0 Å². The number of hydrogen-bond donors (Lipinski definition) is 1. The second-order valence-corrected chi connectivity index (χ2v) is 4.88. The van der Waals surface area contributed by atoms with Crippen LogP contribution in [0, 0.1) is 10.1 Å². The third-order valence-electron chi connectivity index (χ3n) is 2.96. The second-order valence-electron chi connectivity index (χ2n) is 4.88. The van der Waals surface area contributed by atoms with Gasteiger partial charge < -0.3 is 15.2 Å². The molecule has 1 aromatic carbocycles. The van der Waals surface area contributed by atoms with Crippen LogP contribution in [0.1, 0.15) is 30.6 Å². The van der Waals surface area contributed by atoms with E-state index in [-0.39, 0.29) is 23.5 Å². The molecule has 0 fully saturated rings. The van der Waals surface area contributed by atoms with Crippen molar-refractivity contribution in [3.8, 4) is 0 Å². The van der Waals surface area contributed by atoms with E-state index in [1.807, 2.05) is 13.8 Å². The number of benzene rings is 1. The summed E-state index contributed by atoms with van der Waals surface area (Å²) in [7, 11) is 1.57. The number of nitro groups is 1. The van der Waals surface area contributed by atoms with Crippen molar-refractivity contribution in [2.24, 2.45) is 0 Å². The molecule has 0 aliphatic carbocycles. The molecule has 0 heterocycles. The monoisotopic (exact) mass is 282 g/mol. The number of non-ortho nitro benzene ring substituents is 1. The molecule has 0 saturated carbocycles. The summed E-state index contributed by atoms with van der Waals surface area (Å²) >= 11 is 0. The first-order valence-electron chi connectivity index (χ1n) is 6.03. The van der Waals surface area contributed by atoms with Crippen LogP contribution in [0.15, 0.2) is 18.2 Å². The highest BCUT2D eigenvalue weighted by atomic mass is 16.6. The molecule has 7 nitrogen and oxygen atoms in total. The minimum atomic E-state index is -0.682. The van der Waals surface area contributed by atoms with Gasteiger partial charge >= 0.3 is 5.97 Å². The molecule has 0 amide bonds. The van der Waals surface area contributed by atoms with Crippen molar-refractivity contribution in [1.82, 2.24) is 0 Å². The number of carbonyl (C=O) groups excluding carboxylic acids is 1. The zero-order valence-corrected chi connectivity index (χ0v) is 11.7. The molecule has 110 valence electrons. The minimum absolute atomic E-state index is 0.00516. The lowest BCUT2D eigenvalue weighted by molar-refractivity contribution is -0.384. The molecule has 0 spiro atoms. The number of esters is 1. The summed E-state index contributed by atoms with van der Waals surface area (Å²) in [6.45, 7) is 3.87. The topological polar surface area (TPSA) is 105 Å². The summed E-state index contributed by atoms with van der Waals surface area (Å²) in [6.07, 6.45) is 0.504. The van der Waals surface area contributed by atoms with Gasteiger partial charge in [-0.05, 0) is 19.9 Å². The molecular weight excluding hydrogens is 264 g/mol. The van der Waals surface area contributed by atoms with Gasteiger partial charge in [-0.2, -0.15) is 0 Å². The van der Waals surface area contributed by atoms with E-state index >= 15 is 0 Å². The molecule has 0 aliphatic rings. The van der Waals surface area contributed by atoms with Crippen molar-refractivity contribution >= 4 is 17.3 Å². The normalized spacial score (nSPS) is 11.2. The van der Waals surface area contributed by atoms with E-state index in [4.69, 9.17) is 15.2 Å². The van der Waals surface area contributed by atoms with Gasteiger partial charge in [0.15, 0.2) is 0 Å². The van der Waals surface area contributed by atoms with E-state index in [0.717, 1.165) is 6.07 Å². The van der Waals surface area contributed by atoms with Crippen molar-refractivity contribution in [2.45, 2.75) is 25.9 Å². The molecule has 0 aliphatic heterocycles. The van der Waals surface area contributed by atoms with Crippen molar-refractivity contribution in [1.29, 1.82) is 0 Å². The molecule has 0 bridgehead atoms. The number of nitro benzene ring substituents is 1. The number of methoxy groups -OCH3 is 1. The van der Waals surface area contributed by atoms with Gasteiger partial charge in [0, 0.05) is 31.4 Å². The van der Waals surface area contributed by atoms with Gasteiger partial charge in [0.1, 0.15) is 0 Å². The molecule has 0 atom stereocenters. The lowest BCUT2D eigenvalue weighted by atomic mass is 10.1. The first-order chi connectivity index (χ1) is 9.26. The minimum Gasteiger partial charge on any atom is -0.462 e. The number of hydrogen-bond acceptors (Lipinski definition) is 6. The van der Waals surface area contributed by atoms with Gasteiger partial charge in [-0.25, -0.2) is 4.79 Å². The predicted octanol–water partition coefficient (Wildman–Crippen LogP) is 2.15. The Kier molecular flexibility index (Phi) is 5.04. The molecule has 2 N–H and O–H groups in total. The number of rotatable bonds is 6. The van der Waals surface area contributed by atoms with Gasteiger partial charge in [0.05, 0.1) is 22.7 Å². The Morgan fingerprint density at radius 3 is 2.65 bits per heavy atom. The lowest BCUT2D eigenvalue weighted by Crippen LogP contribution is -2.25. The maximum absolute atomic E-state index is 11.8. The molecule has 1 rings (SSSR count). The van der Waals surface area contributed by atoms with Gasteiger partial charge in [-0.3, -0.25) is 10.1 Å². The maximum atomic E-state index is 11.8. The standard InChI is InChI=1S/C13H18N2O5/c1-13(2,19-3)6-7-20-12(16)10-8-9(15(17)18)4-5-11(10)14/h4-5,8H,6-7,14H2,1-3H3. The summed E-state index contributed by atoms with van der Waals surface area (Å²) in [5, 5.41) is 10.7. The third-order valence-corrected chi connectivity index (χ3v) is 2.96. The molecule has 0 saturated heterocycles. The Bertz CT molecular complexity index is 513. The number of nitrogen functional groups attached to an aromatic ring is 1. The third kappa shape index (κ3) is 4.20. The Morgan fingerprint density at radius 2 is 2.10 bits per heavy atom. The summed E-state index contributed by atoms with van der Waals surface area (Å²) in [5.74, 6) is -0.682. The van der Waals surface area contributed by atoms with Crippen LogP contribution in [0.4, 0.5) is 11.4 Å². The van der Waals surface area contributed by atoms with Crippen molar-refractivity contribution < 1.29 is 19.2 Å². The number of nitrogens with two attached hydrogens (primary N) is 1. The lowest BCUT2D eigenvalue weighted by Gasteiger charge is -2.22. The van der Waals surface area contributed by atoms with Gasteiger partial charge in [0.2, 0.25) is 0 Å². The summed E-state index contributed by atoms with van der Waals surface area (Å²) in [5.41, 5.74) is 5.15. The highest BCUT2D eigenvalue weighted by molar-refractivity contribution is 5.95. The van der Waals surface area contributed by atoms with Gasteiger partial charge in [-0.15, -0.1) is 0 Å². The van der Waals surface area contributed by atoms with Crippen LogP contribution < -0.4 is 5.73 Å². The molecule has 20 heavy (non-hydrogen) atoms. The van der Waals surface area contributed by atoms with Crippen molar-refractivity contribution in [2.75, 3.05) is 19.5 Å². The molecule has 7 heteroatoms. The molecule has 0 unspecified atom stereocenters. The number of carbonyl (C=O) groups is 1. The average molecular weight is 282 g/mol. The SMILES string of the molecule is COC(C)(C)CCOC(=O)c1cc([N+](=O)[O-])ccc1N. The van der Waals surface area contributed by atoms with E-state index in [9.17, 15) is 14.9 Å². The predicted molar refractivity (Wildman–Crippen MR) is 73.5 cm³/mol. The van der Waals surface area contributed by atoms with Gasteiger partial charge in [0.25, 0.3) is 5.69 Å². The Labute approximate surface area is 116 Å². The van der Waals surface area contributed by atoms with Crippen molar-refractivity contribution in [3.05, 3.63) is 33.9 Å². The van der Waals surface area contributed by atoms with Gasteiger partial charge in [-0.1, -0.05) is 0 Å². The molecule has 0 aromatic heterocycles. The highest BCUT2D eigenvalue weighted by Crippen LogP contribution is 2.21. The largest absolute Gasteiger partial charge is 0.462 e. The quantitative estimate of drug-likeness (QED) is 0.371. The first kappa shape index (κ1) is 15.9. The van der Waals surface area contributed by atoms with Crippen LogP contribution in [0.5, 0.6) is 0 Å². The van der Waals surface area contributed by atoms with Crippen LogP contribution in [0.2, 0.25) is 0 Å². The van der Waals surface area contributed by atoms with E-state index in [0.29, 0.717) is 6.42 Å². The van der Waals surface area contributed by atoms with Crippen LogP contribution in [-0.2, 0) is 9.47 Å². The fourth-order valence-electron chi connectivity index (χ4n) is 1.40. The highest BCUT2D eigenvalue weighted by Gasteiger charge is 2.19. The van der Waals surface area contributed by atoms with E-state index in [1.54, 1.807) is 7.11 Å². The summed E-state index contributed by atoms with van der Waals surface area (Å²) in [4.78, 5) is 21.9. The average Bonchev–Trinajstić information content (AvgIpc) is 2.38. The fraction of sp³-hybridized carbons (Fsp3) is 0.462. The van der Waals surface area contributed by atoms with E-state index in [2.05, 4.69) is 0 Å². The molecule has 1 aromatic rings. The van der Waals surface area contributed by atoms with E-state index < -0.39 is 16.5 Å². The van der Waals surface area contributed by atoms with Crippen molar-refractivity contribution in [3.63, 3.8) is 0 Å². The number of nitrogens with zero attached hydrogens (tertiary/aromatic N) is 1. The Morgan fingerprint density at radius 1 is 1.45 bits per heavy atom. The zero-order chi connectivity index (χ0) is 15.3. The summed E-state index contributed by atoms with van der Waals surface area (Å²) in [6, 6.07) is 3.66. The summed E-state index contributed by atoms with van der Waals surface area (Å²) < 4.78 is 10.3. The van der Waals surface area contributed by atoms with Crippen LogP contribution in [0.25, 0.3) is 0 Å². The Balaban J connectivity index is 2.73. The fourth-order valence-corrected chi connectivity index (χ4v) is 1.40. The molecule has 0 radical (unpaired) electrons. The van der Waals surface area contributed by atoms with Crippen LogP contribution in [-0.4, -0.2) is 30.2 Å². The number of anilines is 1. The first-order valence-corrected chi connectivity index (χ1v) is 6.03. The Hall–Kier alpha value is -2.15. The second kappa shape index (κ2) is 6.33. The van der Waals surface area contributed by atoms with Crippen LogP contribution in [0.3, 0.4) is 0 Å². The molecular formula is C13H18N2O5. The maximum Gasteiger partial charge on any atom is 0.340 e. The zero-order valence-electron chi connectivity index (χ0n) is 11.7.